The molecular formula is C15H32N2O. The van der Waals surface area contributed by atoms with E-state index in [1.165, 1.54) is 19.5 Å². The van der Waals surface area contributed by atoms with Gasteiger partial charge in [-0.15, -0.1) is 0 Å². The zero-order valence-electron chi connectivity index (χ0n) is 12.8. The molecule has 1 aliphatic rings. The van der Waals surface area contributed by atoms with Crippen molar-refractivity contribution in [2.24, 2.45) is 5.92 Å². The van der Waals surface area contributed by atoms with Crippen LogP contribution < -0.4 is 0 Å². The van der Waals surface area contributed by atoms with Crippen LogP contribution in [0, 0.1) is 5.92 Å². The van der Waals surface area contributed by atoms with Gasteiger partial charge < -0.3 is 14.9 Å². The molecule has 0 aromatic heterocycles. The Morgan fingerprint density at radius 1 is 1.17 bits per heavy atom. The van der Waals surface area contributed by atoms with E-state index in [1.807, 2.05) is 0 Å². The highest BCUT2D eigenvalue weighted by Gasteiger charge is 2.30. The summed E-state index contributed by atoms with van der Waals surface area (Å²) in [7, 11) is 0. The summed E-state index contributed by atoms with van der Waals surface area (Å²) in [5.41, 5.74) is -0.468. The Bertz CT molecular complexity index is 225. The van der Waals surface area contributed by atoms with Crippen LogP contribution in [0.4, 0.5) is 0 Å². The van der Waals surface area contributed by atoms with Crippen molar-refractivity contribution in [1.82, 2.24) is 9.80 Å². The molecule has 1 rings (SSSR count). The molecule has 3 heteroatoms. The molecule has 0 bridgehead atoms. The average Bonchev–Trinajstić information content (AvgIpc) is 2.82. The number of rotatable bonds is 8. The second-order valence-corrected chi connectivity index (χ2v) is 5.81. The van der Waals surface area contributed by atoms with Gasteiger partial charge in [0.2, 0.25) is 0 Å². The molecule has 18 heavy (non-hydrogen) atoms. The first kappa shape index (κ1) is 15.9. The lowest BCUT2D eigenvalue weighted by molar-refractivity contribution is 0.00134. The van der Waals surface area contributed by atoms with E-state index in [-0.39, 0.29) is 0 Å². The van der Waals surface area contributed by atoms with Gasteiger partial charge in [0.15, 0.2) is 0 Å². The summed E-state index contributed by atoms with van der Waals surface area (Å²) in [4.78, 5) is 4.97. The quantitative estimate of drug-likeness (QED) is 0.721. The van der Waals surface area contributed by atoms with E-state index in [4.69, 9.17) is 0 Å². The SMILES string of the molecule is CCN(CC)CC1CCN(CC(O)(CC)CC)C1. The van der Waals surface area contributed by atoms with Crippen LogP contribution in [-0.2, 0) is 0 Å². The lowest BCUT2D eigenvalue weighted by atomic mass is 9.97. The third-order valence-corrected chi connectivity index (χ3v) is 4.61. The standard InChI is InChI=1S/C15H32N2O/c1-5-15(18,6-2)13-17-10-9-14(12-17)11-16(7-3)8-4/h14,18H,5-13H2,1-4H3. The maximum Gasteiger partial charge on any atom is 0.0768 e. The zero-order valence-corrected chi connectivity index (χ0v) is 12.8. The van der Waals surface area contributed by atoms with Gasteiger partial charge in [0, 0.05) is 19.6 Å². The van der Waals surface area contributed by atoms with Crippen molar-refractivity contribution >= 4 is 0 Å². The molecule has 3 nitrogen and oxygen atoms in total. The summed E-state index contributed by atoms with van der Waals surface area (Å²) in [5.74, 6) is 0.794. The first-order valence-electron chi connectivity index (χ1n) is 7.73. The van der Waals surface area contributed by atoms with Crippen molar-refractivity contribution in [2.45, 2.75) is 52.6 Å². The predicted octanol–water partition coefficient (Wildman–Crippen LogP) is 2.20. The molecule has 0 amide bonds. The molecule has 1 heterocycles. The summed E-state index contributed by atoms with van der Waals surface area (Å²) in [5, 5.41) is 10.4. The highest BCUT2D eigenvalue weighted by molar-refractivity contribution is 4.85. The van der Waals surface area contributed by atoms with E-state index < -0.39 is 5.60 Å². The van der Waals surface area contributed by atoms with Crippen LogP contribution in [-0.4, -0.2) is 59.8 Å². The van der Waals surface area contributed by atoms with Crippen LogP contribution in [0.5, 0.6) is 0 Å². The van der Waals surface area contributed by atoms with E-state index in [0.29, 0.717) is 0 Å². The van der Waals surface area contributed by atoms with Crippen LogP contribution in [0.25, 0.3) is 0 Å². The fourth-order valence-electron chi connectivity index (χ4n) is 2.94. The van der Waals surface area contributed by atoms with E-state index >= 15 is 0 Å². The zero-order chi connectivity index (χ0) is 13.6. The van der Waals surface area contributed by atoms with Gasteiger partial charge in [-0.25, -0.2) is 0 Å². The molecule has 0 aromatic rings. The minimum absolute atomic E-state index is 0.468. The van der Waals surface area contributed by atoms with E-state index in [1.54, 1.807) is 0 Å². The second kappa shape index (κ2) is 7.46. The summed E-state index contributed by atoms with van der Waals surface area (Å²) < 4.78 is 0. The molecule has 1 saturated heterocycles. The van der Waals surface area contributed by atoms with Gasteiger partial charge in [0.05, 0.1) is 5.60 Å². The smallest absolute Gasteiger partial charge is 0.0768 e. The third kappa shape index (κ3) is 4.52. The first-order valence-corrected chi connectivity index (χ1v) is 7.73. The summed E-state index contributed by atoms with van der Waals surface area (Å²) in [6.45, 7) is 15.4. The van der Waals surface area contributed by atoms with Gasteiger partial charge in [-0.3, -0.25) is 0 Å². The van der Waals surface area contributed by atoms with Gasteiger partial charge >= 0.3 is 0 Å². The Labute approximate surface area is 113 Å². The number of likely N-dealkylation sites (tertiary alicyclic amines) is 1. The monoisotopic (exact) mass is 256 g/mol. The molecule has 1 unspecified atom stereocenters. The summed E-state index contributed by atoms with van der Waals surface area (Å²) >= 11 is 0. The lowest BCUT2D eigenvalue weighted by Gasteiger charge is -2.31. The summed E-state index contributed by atoms with van der Waals surface area (Å²) in [6, 6.07) is 0. The van der Waals surface area contributed by atoms with Gasteiger partial charge in [-0.05, 0) is 44.8 Å². The van der Waals surface area contributed by atoms with Crippen LogP contribution in [0.15, 0.2) is 0 Å². The Morgan fingerprint density at radius 2 is 1.78 bits per heavy atom. The lowest BCUT2D eigenvalue weighted by Crippen LogP contribution is -2.41. The van der Waals surface area contributed by atoms with E-state index in [9.17, 15) is 5.11 Å². The average molecular weight is 256 g/mol. The van der Waals surface area contributed by atoms with Crippen LogP contribution in [0.2, 0.25) is 0 Å². The number of β-amino-alcohol motifs (C(OH)–C–C–N with tert-alkyl or cyclic N) is 1. The van der Waals surface area contributed by atoms with Crippen molar-refractivity contribution < 1.29 is 5.11 Å². The van der Waals surface area contributed by atoms with E-state index in [0.717, 1.165) is 44.9 Å². The Hall–Kier alpha value is -0.120. The van der Waals surface area contributed by atoms with Crippen LogP contribution >= 0.6 is 0 Å². The van der Waals surface area contributed by atoms with Crippen LogP contribution in [0.1, 0.15) is 47.0 Å². The van der Waals surface area contributed by atoms with Crippen molar-refractivity contribution in [2.75, 3.05) is 39.3 Å². The third-order valence-electron chi connectivity index (χ3n) is 4.61. The second-order valence-electron chi connectivity index (χ2n) is 5.81. The normalized spacial score (nSPS) is 22.0. The highest BCUT2D eigenvalue weighted by atomic mass is 16.3. The molecule has 0 aromatic carbocycles. The van der Waals surface area contributed by atoms with Crippen molar-refractivity contribution in [1.29, 1.82) is 0 Å². The molecule has 1 N–H and O–H groups in total. The molecule has 1 fully saturated rings. The molecule has 1 atom stereocenters. The van der Waals surface area contributed by atoms with Gasteiger partial charge in [-0.1, -0.05) is 27.7 Å². The Kier molecular flexibility index (Phi) is 6.61. The number of nitrogens with zero attached hydrogens (tertiary/aromatic N) is 2. The molecule has 108 valence electrons. The molecule has 1 aliphatic heterocycles. The fourth-order valence-corrected chi connectivity index (χ4v) is 2.94. The Balaban J connectivity index is 2.37. The van der Waals surface area contributed by atoms with Crippen molar-refractivity contribution in [3.63, 3.8) is 0 Å². The van der Waals surface area contributed by atoms with Crippen molar-refractivity contribution in [3.8, 4) is 0 Å². The van der Waals surface area contributed by atoms with Gasteiger partial charge in [0.25, 0.3) is 0 Å². The van der Waals surface area contributed by atoms with Gasteiger partial charge in [-0.2, -0.15) is 0 Å². The van der Waals surface area contributed by atoms with Crippen LogP contribution in [0.3, 0.4) is 0 Å². The predicted molar refractivity (Wildman–Crippen MR) is 77.9 cm³/mol. The van der Waals surface area contributed by atoms with Gasteiger partial charge in [0.1, 0.15) is 0 Å². The summed E-state index contributed by atoms with van der Waals surface area (Å²) in [6.07, 6.45) is 3.02. The maximum absolute atomic E-state index is 10.4. The molecule has 0 radical (unpaired) electrons. The molecule has 0 saturated carbocycles. The number of aliphatic hydroxyl groups is 1. The molecule has 0 aliphatic carbocycles. The minimum atomic E-state index is -0.468. The minimum Gasteiger partial charge on any atom is -0.389 e. The first-order chi connectivity index (χ1) is 8.56. The largest absolute Gasteiger partial charge is 0.389 e. The maximum atomic E-state index is 10.4. The highest BCUT2D eigenvalue weighted by Crippen LogP contribution is 2.23. The fraction of sp³-hybridized carbons (Fsp3) is 1.00. The topological polar surface area (TPSA) is 26.7 Å². The van der Waals surface area contributed by atoms with Crippen molar-refractivity contribution in [3.05, 3.63) is 0 Å². The Morgan fingerprint density at radius 3 is 2.28 bits per heavy atom. The van der Waals surface area contributed by atoms with E-state index in [2.05, 4.69) is 37.5 Å². The number of hydrogen-bond donors (Lipinski definition) is 1. The number of hydrogen-bond acceptors (Lipinski definition) is 3. The molecule has 0 spiro atoms. The molecular weight excluding hydrogens is 224 g/mol.